The normalized spacial score (nSPS) is 12.2. The molecule has 20 heavy (non-hydrogen) atoms. The number of benzene rings is 1. The molecule has 1 atom stereocenters. The summed E-state index contributed by atoms with van der Waals surface area (Å²) < 4.78 is 2.84. The molecule has 0 aliphatic heterocycles. The average molecular weight is 336 g/mol. The first-order valence-electron chi connectivity index (χ1n) is 6.54. The number of halogens is 1. The minimum Gasteiger partial charge on any atom is -0.350 e. The number of rotatable bonds is 4. The van der Waals surface area contributed by atoms with Crippen LogP contribution in [0.4, 0.5) is 0 Å². The topological polar surface area (TPSA) is 46.9 Å². The van der Waals surface area contributed by atoms with Crippen LogP contribution in [0.15, 0.2) is 34.8 Å². The molecule has 0 saturated heterocycles. The second-order valence-electron chi connectivity index (χ2n) is 4.94. The number of carbonyl (C=O) groups is 1. The van der Waals surface area contributed by atoms with Gasteiger partial charge in [0.2, 0.25) is 0 Å². The first-order chi connectivity index (χ1) is 9.47. The molecule has 5 heteroatoms. The molecule has 1 aromatic heterocycles. The van der Waals surface area contributed by atoms with Gasteiger partial charge in [-0.25, -0.2) is 0 Å². The fraction of sp³-hybridized carbons (Fsp3) is 0.333. The molecule has 106 valence electrons. The monoisotopic (exact) mass is 335 g/mol. The van der Waals surface area contributed by atoms with Crippen LogP contribution in [0, 0.1) is 13.8 Å². The lowest BCUT2D eigenvalue weighted by Gasteiger charge is -2.15. The highest BCUT2D eigenvalue weighted by Gasteiger charge is 2.12. The number of aromatic nitrogens is 2. The summed E-state index contributed by atoms with van der Waals surface area (Å²) in [6.07, 6.45) is 0. The fourth-order valence-electron chi connectivity index (χ4n) is 2.15. The Hall–Kier alpha value is -1.62. The van der Waals surface area contributed by atoms with Crippen molar-refractivity contribution >= 4 is 21.8 Å². The number of carbonyl (C=O) groups excluding carboxylic acids is 1. The number of nitrogens with one attached hydrogen (secondary N) is 1. The Labute approximate surface area is 127 Å². The lowest BCUT2D eigenvalue weighted by Crippen LogP contribution is -2.30. The third kappa shape index (κ3) is 3.48. The second-order valence-corrected chi connectivity index (χ2v) is 5.86. The molecule has 0 bridgehead atoms. The lowest BCUT2D eigenvalue weighted by atomic mass is 10.2. The molecule has 1 amide bonds. The van der Waals surface area contributed by atoms with Crippen LogP contribution in [0.5, 0.6) is 0 Å². The molecule has 0 fully saturated rings. The van der Waals surface area contributed by atoms with Crippen LogP contribution < -0.4 is 5.32 Å². The van der Waals surface area contributed by atoms with Crippen molar-refractivity contribution < 1.29 is 4.79 Å². The van der Waals surface area contributed by atoms with E-state index in [1.54, 1.807) is 6.07 Å². The van der Waals surface area contributed by atoms with Crippen molar-refractivity contribution in [1.29, 1.82) is 0 Å². The smallest absolute Gasteiger partial charge is 0.251 e. The summed E-state index contributed by atoms with van der Waals surface area (Å²) in [6.45, 7) is 6.58. The van der Waals surface area contributed by atoms with E-state index in [9.17, 15) is 4.79 Å². The van der Waals surface area contributed by atoms with E-state index in [4.69, 9.17) is 0 Å². The van der Waals surface area contributed by atoms with Crippen molar-refractivity contribution in [1.82, 2.24) is 15.1 Å². The summed E-state index contributed by atoms with van der Waals surface area (Å²) in [5.74, 6) is -0.0697. The van der Waals surface area contributed by atoms with E-state index in [1.165, 1.54) is 0 Å². The molecule has 0 spiro atoms. The Morgan fingerprint density at radius 3 is 2.75 bits per heavy atom. The van der Waals surface area contributed by atoms with Gasteiger partial charge >= 0.3 is 0 Å². The quantitative estimate of drug-likeness (QED) is 0.932. The average Bonchev–Trinajstić information content (AvgIpc) is 2.74. The van der Waals surface area contributed by atoms with Gasteiger partial charge in [-0.3, -0.25) is 9.48 Å². The molecule has 2 aromatic rings. The number of nitrogens with zero attached hydrogens (tertiary/aromatic N) is 2. The molecule has 0 saturated carbocycles. The summed E-state index contributed by atoms with van der Waals surface area (Å²) in [6, 6.07) is 9.52. The predicted molar refractivity (Wildman–Crippen MR) is 82.9 cm³/mol. The van der Waals surface area contributed by atoms with Crippen molar-refractivity contribution in [3.8, 4) is 0 Å². The third-order valence-corrected chi connectivity index (χ3v) is 3.60. The van der Waals surface area contributed by atoms with Crippen LogP contribution in [0.2, 0.25) is 0 Å². The van der Waals surface area contributed by atoms with Crippen LogP contribution in [-0.2, 0) is 0 Å². The molecule has 0 unspecified atom stereocenters. The molecule has 1 aromatic carbocycles. The summed E-state index contributed by atoms with van der Waals surface area (Å²) in [4.78, 5) is 12.1. The van der Waals surface area contributed by atoms with Crippen LogP contribution in [-0.4, -0.2) is 22.2 Å². The predicted octanol–water partition coefficient (Wildman–Crippen LogP) is 3.25. The molecule has 1 N–H and O–H groups in total. The molecular weight excluding hydrogens is 318 g/mol. The summed E-state index contributed by atoms with van der Waals surface area (Å²) >= 11 is 3.37. The zero-order valence-corrected chi connectivity index (χ0v) is 13.4. The highest BCUT2D eigenvalue weighted by atomic mass is 79.9. The van der Waals surface area contributed by atoms with Gasteiger partial charge in [-0.15, -0.1) is 0 Å². The molecular formula is C15H18BrN3O. The maximum absolute atomic E-state index is 12.1. The zero-order chi connectivity index (χ0) is 14.7. The van der Waals surface area contributed by atoms with E-state index in [1.807, 2.05) is 49.7 Å². The Morgan fingerprint density at radius 2 is 2.15 bits per heavy atom. The standard InChI is InChI=1S/C15H18BrN3O/c1-10-7-11(2)19(18-10)12(3)9-17-15(20)13-5-4-6-14(16)8-13/h4-8,12H,9H2,1-3H3,(H,17,20)/t12-/m1/s1. The van der Waals surface area contributed by atoms with E-state index < -0.39 is 0 Å². The second kappa shape index (κ2) is 6.22. The minimum atomic E-state index is -0.0697. The third-order valence-electron chi connectivity index (χ3n) is 3.11. The lowest BCUT2D eigenvalue weighted by molar-refractivity contribution is 0.0947. The molecule has 1 heterocycles. The summed E-state index contributed by atoms with van der Waals surface area (Å²) in [5, 5.41) is 7.37. The Morgan fingerprint density at radius 1 is 1.40 bits per heavy atom. The maximum Gasteiger partial charge on any atom is 0.251 e. The zero-order valence-electron chi connectivity index (χ0n) is 11.9. The molecule has 0 radical (unpaired) electrons. The maximum atomic E-state index is 12.1. The van der Waals surface area contributed by atoms with Gasteiger partial charge in [0.25, 0.3) is 5.91 Å². The Bertz CT molecular complexity index is 621. The molecule has 0 aliphatic carbocycles. The van der Waals surface area contributed by atoms with E-state index in [2.05, 4.69) is 26.3 Å². The van der Waals surface area contributed by atoms with E-state index in [0.717, 1.165) is 15.9 Å². The minimum absolute atomic E-state index is 0.0697. The van der Waals surface area contributed by atoms with Crippen LogP contribution in [0.3, 0.4) is 0 Å². The Kier molecular flexibility index (Phi) is 4.60. The van der Waals surface area contributed by atoms with Gasteiger partial charge in [0.05, 0.1) is 11.7 Å². The van der Waals surface area contributed by atoms with Crippen molar-refractivity contribution in [2.45, 2.75) is 26.8 Å². The van der Waals surface area contributed by atoms with Gasteiger partial charge in [0.15, 0.2) is 0 Å². The van der Waals surface area contributed by atoms with Gasteiger partial charge in [-0.05, 0) is 45.0 Å². The first kappa shape index (κ1) is 14.8. The largest absolute Gasteiger partial charge is 0.350 e. The van der Waals surface area contributed by atoms with Crippen molar-refractivity contribution in [2.24, 2.45) is 0 Å². The van der Waals surface area contributed by atoms with E-state index in [0.29, 0.717) is 12.1 Å². The van der Waals surface area contributed by atoms with E-state index >= 15 is 0 Å². The fourth-order valence-corrected chi connectivity index (χ4v) is 2.55. The number of amides is 1. The highest BCUT2D eigenvalue weighted by Crippen LogP contribution is 2.12. The van der Waals surface area contributed by atoms with Gasteiger partial charge in [0, 0.05) is 22.3 Å². The SMILES string of the molecule is Cc1cc(C)n([C@H](C)CNC(=O)c2cccc(Br)c2)n1. The van der Waals surface area contributed by atoms with Gasteiger partial charge in [0.1, 0.15) is 0 Å². The molecule has 4 nitrogen and oxygen atoms in total. The van der Waals surface area contributed by atoms with Gasteiger partial charge in [-0.2, -0.15) is 5.10 Å². The van der Waals surface area contributed by atoms with Crippen molar-refractivity contribution in [3.63, 3.8) is 0 Å². The van der Waals surface area contributed by atoms with Crippen molar-refractivity contribution in [2.75, 3.05) is 6.54 Å². The highest BCUT2D eigenvalue weighted by molar-refractivity contribution is 9.10. The van der Waals surface area contributed by atoms with Crippen LogP contribution in [0.25, 0.3) is 0 Å². The van der Waals surface area contributed by atoms with Crippen molar-refractivity contribution in [3.05, 3.63) is 51.8 Å². The Balaban J connectivity index is 1.98. The number of hydrogen-bond acceptors (Lipinski definition) is 2. The van der Waals surface area contributed by atoms with E-state index in [-0.39, 0.29) is 11.9 Å². The molecule has 0 aliphatic rings. The van der Waals surface area contributed by atoms with Crippen LogP contribution >= 0.6 is 15.9 Å². The molecule has 2 rings (SSSR count). The van der Waals surface area contributed by atoms with Gasteiger partial charge < -0.3 is 5.32 Å². The first-order valence-corrected chi connectivity index (χ1v) is 7.33. The number of hydrogen-bond donors (Lipinski definition) is 1. The van der Waals surface area contributed by atoms with Gasteiger partial charge in [-0.1, -0.05) is 22.0 Å². The van der Waals surface area contributed by atoms with Crippen LogP contribution in [0.1, 0.15) is 34.7 Å². The summed E-state index contributed by atoms with van der Waals surface area (Å²) in [7, 11) is 0. The summed E-state index contributed by atoms with van der Waals surface area (Å²) in [5.41, 5.74) is 2.75. The number of aryl methyl sites for hydroxylation is 2.